The van der Waals surface area contributed by atoms with Crippen LogP contribution in [0, 0.1) is 6.92 Å². The summed E-state index contributed by atoms with van der Waals surface area (Å²) in [5, 5.41) is 7.25. The van der Waals surface area contributed by atoms with Crippen LogP contribution in [0.15, 0.2) is 35.1 Å². The first kappa shape index (κ1) is 19.1. The summed E-state index contributed by atoms with van der Waals surface area (Å²) < 4.78 is 40.2. The molecule has 1 aliphatic heterocycles. The van der Waals surface area contributed by atoms with Crippen molar-refractivity contribution < 1.29 is 18.0 Å². The molecule has 1 aliphatic rings. The van der Waals surface area contributed by atoms with E-state index in [1.54, 1.807) is 11.8 Å². The van der Waals surface area contributed by atoms with Gasteiger partial charge in [-0.25, -0.2) is 4.68 Å². The molecule has 1 aromatic carbocycles. The lowest BCUT2D eigenvalue weighted by atomic mass is 10.1. The Balaban J connectivity index is 2.05. The number of aromatic nitrogens is 2. The maximum atomic E-state index is 13.0. The minimum atomic E-state index is -4.50. The van der Waals surface area contributed by atoms with Gasteiger partial charge in [0.1, 0.15) is 0 Å². The van der Waals surface area contributed by atoms with Crippen LogP contribution >= 0.6 is 0 Å². The number of nitrogens with one attached hydrogen (secondary N) is 1. The molecule has 6 nitrogen and oxygen atoms in total. The highest BCUT2D eigenvalue weighted by Gasteiger charge is 2.31. The van der Waals surface area contributed by atoms with Gasteiger partial charge >= 0.3 is 6.18 Å². The maximum Gasteiger partial charge on any atom is 0.416 e. The minimum Gasteiger partial charge on any atom is -0.332 e. The third-order valence-electron chi connectivity index (χ3n) is 4.49. The third-order valence-corrected chi connectivity index (χ3v) is 4.49. The van der Waals surface area contributed by atoms with E-state index in [1.165, 1.54) is 22.9 Å². The predicted octanol–water partition coefficient (Wildman–Crippen LogP) is 1.99. The Morgan fingerprint density at radius 3 is 2.70 bits per heavy atom. The molecule has 0 aliphatic carbocycles. The van der Waals surface area contributed by atoms with Gasteiger partial charge in [-0.05, 0) is 32.0 Å². The number of nitrogens with zero attached hydrogens (tertiary/aromatic N) is 3. The molecule has 1 N–H and O–H groups in total. The maximum absolute atomic E-state index is 13.0. The van der Waals surface area contributed by atoms with Gasteiger partial charge in [0, 0.05) is 37.4 Å². The van der Waals surface area contributed by atoms with Gasteiger partial charge in [0.25, 0.3) is 5.91 Å². The highest BCUT2D eigenvalue weighted by atomic mass is 19.4. The van der Waals surface area contributed by atoms with Gasteiger partial charge in [0.15, 0.2) is 5.69 Å². The van der Waals surface area contributed by atoms with Gasteiger partial charge in [-0.15, -0.1) is 0 Å². The number of benzene rings is 1. The van der Waals surface area contributed by atoms with Crippen molar-refractivity contribution in [2.75, 3.05) is 19.6 Å². The first-order chi connectivity index (χ1) is 12.7. The van der Waals surface area contributed by atoms with Crippen molar-refractivity contribution in [3.8, 4) is 5.69 Å². The van der Waals surface area contributed by atoms with E-state index >= 15 is 0 Å². The first-order valence-corrected chi connectivity index (χ1v) is 8.49. The zero-order chi connectivity index (χ0) is 19.8. The van der Waals surface area contributed by atoms with Crippen LogP contribution in [-0.4, -0.2) is 46.3 Å². The average Bonchev–Trinajstić information content (AvgIpc) is 2.61. The average molecular weight is 380 g/mol. The number of carbonyl (C=O) groups is 1. The van der Waals surface area contributed by atoms with Gasteiger partial charge in [-0.1, -0.05) is 6.07 Å². The number of carbonyl (C=O) groups excluding carboxylic acids is 1. The highest BCUT2D eigenvalue weighted by molar-refractivity contribution is 5.92. The van der Waals surface area contributed by atoms with Crippen LogP contribution in [0.4, 0.5) is 13.2 Å². The lowest BCUT2D eigenvalue weighted by Crippen LogP contribution is -2.53. The molecule has 144 valence electrons. The van der Waals surface area contributed by atoms with Crippen LogP contribution in [0.5, 0.6) is 0 Å². The molecule has 0 bridgehead atoms. The van der Waals surface area contributed by atoms with E-state index in [4.69, 9.17) is 0 Å². The van der Waals surface area contributed by atoms with Crippen LogP contribution in [0.2, 0.25) is 0 Å². The van der Waals surface area contributed by atoms with E-state index in [1.807, 2.05) is 6.92 Å². The van der Waals surface area contributed by atoms with Crippen molar-refractivity contribution in [3.05, 3.63) is 57.5 Å². The molecule has 27 heavy (non-hydrogen) atoms. The van der Waals surface area contributed by atoms with Gasteiger partial charge in [0.2, 0.25) is 5.43 Å². The third kappa shape index (κ3) is 3.87. The molecule has 2 heterocycles. The summed E-state index contributed by atoms with van der Waals surface area (Å²) in [5.74, 6) is -0.519. The first-order valence-electron chi connectivity index (χ1n) is 8.49. The van der Waals surface area contributed by atoms with Crippen LogP contribution in [0.25, 0.3) is 5.69 Å². The van der Waals surface area contributed by atoms with Crippen molar-refractivity contribution in [2.24, 2.45) is 0 Å². The van der Waals surface area contributed by atoms with Gasteiger partial charge in [-0.2, -0.15) is 18.3 Å². The number of hydrogen-bond acceptors (Lipinski definition) is 4. The zero-order valence-corrected chi connectivity index (χ0v) is 14.9. The second-order valence-electron chi connectivity index (χ2n) is 6.51. The molecule has 1 fully saturated rings. The fourth-order valence-electron chi connectivity index (χ4n) is 3.05. The molecule has 1 aromatic heterocycles. The Morgan fingerprint density at radius 1 is 1.30 bits per heavy atom. The van der Waals surface area contributed by atoms with E-state index in [0.717, 1.165) is 12.1 Å². The molecule has 2 aromatic rings. The lowest BCUT2D eigenvalue weighted by Gasteiger charge is -2.33. The van der Waals surface area contributed by atoms with Crippen molar-refractivity contribution >= 4 is 5.91 Å². The van der Waals surface area contributed by atoms with Gasteiger partial charge in [-0.3, -0.25) is 9.59 Å². The highest BCUT2D eigenvalue weighted by Crippen LogP contribution is 2.30. The second-order valence-corrected chi connectivity index (χ2v) is 6.51. The lowest BCUT2D eigenvalue weighted by molar-refractivity contribution is -0.137. The largest absolute Gasteiger partial charge is 0.416 e. The van der Waals surface area contributed by atoms with E-state index in [9.17, 15) is 22.8 Å². The quantitative estimate of drug-likeness (QED) is 0.865. The Hall–Kier alpha value is -2.68. The smallest absolute Gasteiger partial charge is 0.332 e. The number of hydrogen-bond donors (Lipinski definition) is 1. The van der Waals surface area contributed by atoms with Crippen LogP contribution in [-0.2, 0) is 6.18 Å². The number of amides is 1. The molecule has 0 spiro atoms. The number of aryl methyl sites for hydroxylation is 1. The normalized spacial score (nSPS) is 17.8. The molecule has 0 unspecified atom stereocenters. The van der Waals surface area contributed by atoms with Crippen molar-refractivity contribution in [2.45, 2.75) is 26.1 Å². The molecule has 9 heteroatoms. The van der Waals surface area contributed by atoms with Crippen molar-refractivity contribution in [3.63, 3.8) is 0 Å². The van der Waals surface area contributed by atoms with E-state index in [-0.39, 0.29) is 17.4 Å². The predicted molar refractivity (Wildman–Crippen MR) is 92.9 cm³/mol. The molecule has 3 rings (SSSR count). The Kier molecular flexibility index (Phi) is 5.05. The van der Waals surface area contributed by atoms with Crippen LogP contribution in [0.3, 0.4) is 0 Å². The standard InChI is InChI=1S/C18H19F3N4O2/c1-11-8-15(26)16(17(27)24-7-6-22-10-12(24)2)23-25(11)14-5-3-4-13(9-14)18(19,20)21/h3-5,8-9,12,22H,6-7,10H2,1-2H3/t12-/m1/s1. The van der Waals surface area contributed by atoms with Crippen molar-refractivity contribution in [1.82, 2.24) is 20.0 Å². The molecular formula is C18H19F3N4O2. The molecular weight excluding hydrogens is 361 g/mol. The summed E-state index contributed by atoms with van der Waals surface area (Å²) >= 11 is 0. The Morgan fingerprint density at radius 2 is 2.04 bits per heavy atom. The summed E-state index contributed by atoms with van der Waals surface area (Å²) in [6, 6.07) is 5.70. The summed E-state index contributed by atoms with van der Waals surface area (Å²) in [6.45, 7) is 5.03. The summed E-state index contributed by atoms with van der Waals surface area (Å²) in [5.41, 5.74) is -1.21. The van der Waals surface area contributed by atoms with E-state index in [2.05, 4.69) is 10.4 Å². The van der Waals surface area contributed by atoms with Crippen LogP contribution < -0.4 is 10.7 Å². The second kappa shape index (κ2) is 7.15. The molecule has 1 saturated heterocycles. The molecule has 1 amide bonds. The van der Waals surface area contributed by atoms with Gasteiger partial charge < -0.3 is 10.2 Å². The summed E-state index contributed by atoms with van der Waals surface area (Å²) in [6.07, 6.45) is -4.50. The summed E-state index contributed by atoms with van der Waals surface area (Å²) in [7, 11) is 0. The van der Waals surface area contributed by atoms with Crippen molar-refractivity contribution in [1.29, 1.82) is 0 Å². The fraction of sp³-hybridized carbons (Fsp3) is 0.389. The van der Waals surface area contributed by atoms with E-state index < -0.39 is 23.1 Å². The van der Waals surface area contributed by atoms with Crippen LogP contribution in [0.1, 0.15) is 28.7 Å². The molecule has 0 saturated carbocycles. The van der Waals surface area contributed by atoms with E-state index in [0.29, 0.717) is 25.3 Å². The minimum absolute atomic E-state index is 0.115. The number of rotatable bonds is 2. The zero-order valence-electron chi connectivity index (χ0n) is 14.9. The number of halogens is 3. The van der Waals surface area contributed by atoms with Gasteiger partial charge in [0.05, 0.1) is 11.3 Å². The summed E-state index contributed by atoms with van der Waals surface area (Å²) in [4.78, 5) is 26.7. The Labute approximate surface area is 153 Å². The fourth-order valence-corrected chi connectivity index (χ4v) is 3.05. The topological polar surface area (TPSA) is 67.2 Å². The Bertz CT molecular complexity index is 924. The monoisotopic (exact) mass is 380 g/mol. The number of alkyl halides is 3. The molecule has 0 radical (unpaired) electrons. The SMILES string of the molecule is Cc1cc(=O)c(C(=O)N2CCNC[C@H]2C)nn1-c1cccc(C(F)(F)F)c1. The number of piperazine rings is 1. The molecule has 1 atom stereocenters.